The van der Waals surface area contributed by atoms with Crippen LogP contribution in [-0.4, -0.2) is 66.3 Å². The number of urea groups is 1. The predicted octanol–water partition coefficient (Wildman–Crippen LogP) is -1.24. The van der Waals surface area contributed by atoms with Crippen molar-refractivity contribution in [2.24, 2.45) is 0 Å². The Hall–Kier alpha value is -1.83. The van der Waals surface area contributed by atoms with Crippen LogP contribution in [0.1, 0.15) is 12.8 Å². The zero-order chi connectivity index (χ0) is 13.8. The van der Waals surface area contributed by atoms with Gasteiger partial charge in [0.2, 0.25) is 5.91 Å². The van der Waals surface area contributed by atoms with Gasteiger partial charge in [0, 0.05) is 26.1 Å². The molecule has 8 nitrogen and oxygen atoms in total. The summed E-state index contributed by atoms with van der Waals surface area (Å²) in [4.78, 5) is 35.1. The standard InChI is InChI=1S/C11H17N3O5/c15-9-3-7(5-12-9)13-11(18)14-1-2-19-8(6-14)4-10(16)17/h7-8H,1-6H2,(H,12,15)(H,13,18)(H,16,17). The van der Waals surface area contributed by atoms with Crippen LogP contribution in [-0.2, 0) is 14.3 Å². The topological polar surface area (TPSA) is 108 Å². The fraction of sp³-hybridized carbons (Fsp3) is 0.727. The number of nitrogens with zero attached hydrogens (tertiary/aromatic N) is 1. The zero-order valence-electron chi connectivity index (χ0n) is 10.4. The van der Waals surface area contributed by atoms with E-state index in [-0.39, 0.29) is 37.4 Å². The van der Waals surface area contributed by atoms with Gasteiger partial charge in [-0.2, -0.15) is 0 Å². The van der Waals surface area contributed by atoms with Crippen LogP contribution < -0.4 is 10.6 Å². The Morgan fingerprint density at radius 2 is 2.32 bits per heavy atom. The van der Waals surface area contributed by atoms with Gasteiger partial charge >= 0.3 is 12.0 Å². The van der Waals surface area contributed by atoms with Gasteiger partial charge in [0.15, 0.2) is 0 Å². The first-order valence-corrected chi connectivity index (χ1v) is 6.20. The van der Waals surface area contributed by atoms with Crippen molar-refractivity contribution in [1.82, 2.24) is 15.5 Å². The first-order chi connectivity index (χ1) is 9.04. The SMILES string of the molecule is O=C(O)CC1CN(C(=O)NC2CNC(=O)C2)CCO1. The molecule has 0 spiro atoms. The number of amides is 3. The Balaban J connectivity index is 1.81. The molecule has 3 amide bonds. The van der Waals surface area contributed by atoms with Crippen LogP contribution in [0.25, 0.3) is 0 Å². The maximum absolute atomic E-state index is 12.0. The molecule has 0 saturated carbocycles. The fourth-order valence-electron chi connectivity index (χ4n) is 2.20. The quantitative estimate of drug-likeness (QED) is 0.595. The monoisotopic (exact) mass is 271 g/mol. The highest BCUT2D eigenvalue weighted by atomic mass is 16.5. The Kier molecular flexibility index (Phi) is 4.20. The Morgan fingerprint density at radius 3 is 2.95 bits per heavy atom. The molecule has 0 aromatic carbocycles. The predicted molar refractivity (Wildman–Crippen MR) is 63.5 cm³/mol. The van der Waals surface area contributed by atoms with E-state index in [0.29, 0.717) is 19.7 Å². The van der Waals surface area contributed by atoms with Crippen LogP contribution in [0.2, 0.25) is 0 Å². The lowest BCUT2D eigenvalue weighted by atomic mass is 10.2. The Bertz CT molecular complexity index is 387. The normalized spacial score (nSPS) is 26.9. The van der Waals surface area contributed by atoms with Gasteiger partial charge in [-0.1, -0.05) is 0 Å². The number of rotatable bonds is 3. The molecule has 2 saturated heterocycles. The van der Waals surface area contributed by atoms with Crippen LogP contribution in [0.3, 0.4) is 0 Å². The number of aliphatic carboxylic acids is 1. The molecule has 2 fully saturated rings. The van der Waals surface area contributed by atoms with Gasteiger partial charge in [0.1, 0.15) is 0 Å². The average molecular weight is 271 g/mol. The number of hydrogen-bond donors (Lipinski definition) is 3. The minimum atomic E-state index is -0.946. The number of carbonyl (C=O) groups is 3. The van der Waals surface area contributed by atoms with E-state index in [2.05, 4.69) is 10.6 Å². The second kappa shape index (κ2) is 5.87. The van der Waals surface area contributed by atoms with E-state index in [4.69, 9.17) is 9.84 Å². The second-order valence-corrected chi connectivity index (χ2v) is 4.69. The fourth-order valence-corrected chi connectivity index (χ4v) is 2.20. The molecule has 0 bridgehead atoms. The van der Waals surface area contributed by atoms with Crippen molar-refractivity contribution >= 4 is 17.9 Å². The molecule has 106 valence electrons. The van der Waals surface area contributed by atoms with Crippen molar-refractivity contribution < 1.29 is 24.2 Å². The molecule has 0 aromatic heterocycles. The molecule has 2 aliphatic heterocycles. The molecule has 8 heteroatoms. The van der Waals surface area contributed by atoms with E-state index < -0.39 is 12.1 Å². The van der Waals surface area contributed by atoms with E-state index in [1.807, 2.05) is 0 Å². The Morgan fingerprint density at radius 1 is 1.53 bits per heavy atom. The summed E-state index contributed by atoms with van der Waals surface area (Å²) in [5.74, 6) is -1.02. The van der Waals surface area contributed by atoms with Crippen molar-refractivity contribution in [3.8, 4) is 0 Å². The van der Waals surface area contributed by atoms with Gasteiger partial charge in [0.25, 0.3) is 0 Å². The summed E-state index contributed by atoms with van der Waals surface area (Å²) in [6, 6.07) is -0.471. The van der Waals surface area contributed by atoms with E-state index in [1.165, 1.54) is 4.90 Å². The van der Waals surface area contributed by atoms with Crippen LogP contribution in [0.4, 0.5) is 4.79 Å². The van der Waals surface area contributed by atoms with E-state index in [9.17, 15) is 14.4 Å². The number of carboxylic acids is 1. The number of carboxylic acid groups (broad SMARTS) is 1. The van der Waals surface area contributed by atoms with Gasteiger partial charge < -0.3 is 25.4 Å². The molecule has 0 aliphatic carbocycles. The van der Waals surface area contributed by atoms with Crippen LogP contribution >= 0.6 is 0 Å². The molecular weight excluding hydrogens is 254 g/mol. The van der Waals surface area contributed by atoms with Crippen molar-refractivity contribution in [3.05, 3.63) is 0 Å². The minimum absolute atomic E-state index is 0.0731. The average Bonchev–Trinajstić information content (AvgIpc) is 2.74. The summed E-state index contributed by atoms with van der Waals surface area (Å²) in [6.45, 7) is 1.45. The summed E-state index contributed by atoms with van der Waals surface area (Å²) < 4.78 is 5.29. The summed E-state index contributed by atoms with van der Waals surface area (Å²) in [7, 11) is 0. The number of carbonyl (C=O) groups excluding carboxylic acids is 2. The van der Waals surface area contributed by atoms with E-state index in [1.54, 1.807) is 0 Å². The summed E-state index contributed by atoms with van der Waals surface area (Å²) in [6.07, 6.45) is -0.303. The molecule has 2 unspecified atom stereocenters. The summed E-state index contributed by atoms with van der Waals surface area (Å²) >= 11 is 0. The van der Waals surface area contributed by atoms with Gasteiger partial charge in [-0.05, 0) is 0 Å². The number of ether oxygens (including phenoxy) is 1. The van der Waals surface area contributed by atoms with Crippen LogP contribution in [0.15, 0.2) is 0 Å². The van der Waals surface area contributed by atoms with Crippen molar-refractivity contribution in [3.63, 3.8) is 0 Å². The zero-order valence-corrected chi connectivity index (χ0v) is 10.4. The van der Waals surface area contributed by atoms with E-state index >= 15 is 0 Å². The van der Waals surface area contributed by atoms with E-state index in [0.717, 1.165) is 0 Å². The first-order valence-electron chi connectivity index (χ1n) is 6.20. The number of hydrogen-bond acceptors (Lipinski definition) is 4. The van der Waals surface area contributed by atoms with Crippen LogP contribution in [0, 0.1) is 0 Å². The maximum Gasteiger partial charge on any atom is 0.317 e. The second-order valence-electron chi connectivity index (χ2n) is 4.69. The lowest BCUT2D eigenvalue weighted by molar-refractivity contribution is -0.141. The third kappa shape index (κ3) is 3.82. The molecule has 0 aromatic rings. The van der Waals surface area contributed by atoms with Gasteiger partial charge in [0.05, 0.1) is 25.2 Å². The molecule has 3 N–H and O–H groups in total. The smallest absolute Gasteiger partial charge is 0.317 e. The third-order valence-corrected chi connectivity index (χ3v) is 3.13. The lowest BCUT2D eigenvalue weighted by Gasteiger charge is -2.33. The number of morpholine rings is 1. The minimum Gasteiger partial charge on any atom is -0.481 e. The largest absolute Gasteiger partial charge is 0.481 e. The van der Waals surface area contributed by atoms with Gasteiger partial charge in [-0.15, -0.1) is 0 Å². The molecule has 0 radical (unpaired) electrons. The Labute approximate surface area is 110 Å². The highest BCUT2D eigenvalue weighted by Gasteiger charge is 2.29. The molecule has 2 rings (SSSR count). The summed E-state index contributed by atoms with van der Waals surface area (Å²) in [5.41, 5.74) is 0. The highest BCUT2D eigenvalue weighted by molar-refractivity contribution is 5.81. The first kappa shape index (κ1) is 13.6. The molecule has 19 heavy (non-hydrogen) atoms. The van der Waals surface area contributed by atoms with Crippen molar-refractivity contribution in [2.45, 2.75) is 25.0 Å². The number of nitrogens with one attached hydrogen (secondary N) is 2. The molecule has 2 heterocycles. The van der Waals surface area contributed by atoms with Crippen LogP contribution in [0.5, 0.6) is 0 Å². The van der Waals surface area contributed by atoms with Crippen molar-refractivity contribution in [1.29, 1.82) is 0 Å². The van der Waals surface area contributed by atoms with Crippen molar-refractivity contribution in [2.75, 3.05) is 26.2 Å². The third-order valence-electron chi connectivity index (χ3n) is 3.13. The molecular formula is C11H17N3O5. The highest BCUT2D eigenvalue weighted by Crippen LogP contribution is 2.10. The molecule has 2 aliphatic rings. The summed E-state index contributed by atoms with van der Waals surface area (Å²) in [5, 5.41) is 14.1. The lowest BCUT2D eigenvalue weighted by Crippen LogP contribution is -2.52. The maximum atomic E-state index is 12.0. The van der Waals surface area contributed by atoms with Gasteiger partial charge in [-0.25, -0.2) is 4.79 Å². The van der Waals surface area contributed by atoms with Gasteiger partial charge in [-0.3, -0.25) is 9.59 Å². The molecule has 2 atom stereocenters.